The van der Waals surface area contributed by atoms with Gasteiger partial charge in [0.25, 0.3) is 11.5 Å². The largest absolute Gasteiger partial charge is 0.506 e. The summed E-state index contributed by atoms with van der Waals surface area (Å²) in [5, 5.41) is 13.9. The zero-order valence-corrected chi connectivity index (χ0v) is 14.7. The highest BCUT2D eigenvalue weighted by molar-refractivity contribution is 6.03. The van der Waals surface area contributed by atoms with Gasteiger partial charge < -0.3 is 15.0 Å². The number of hydrogen-bond donors (Lipinski definition) is 2. The Morgan fingerprint density at radius 2 is 1.96 bits per heavy atom. The zero-order valence-electron chi connectivity index (χ0n) is 14.7. The van der Waals surface area contributed by atoms with Gasteiger partial charge in [0.1, 0.15) is 11.3 Å². The fourth-order valence-electron chi connectivity index (χ4n) is 3.70. The number of aromatic hydroxyl groups is 1. The normalized spacial score (nSPS) is 15.4. The third kappa shape index (κ3) is 2.47. The predicted octanol–water partition coefficient (Wildman–Crippen LogP) is 3.06. The van der Waals surface area contributed by atoms with Crippen LogP contribution in [0.4, 0.5) is 0 Å². The maximum atomic E-state index is 12.9. The summed E-state index contributed by atoms with van der Waals surface area (Å²) in [6, 6.07) is 13.3. The van der Waals surface area contributed by atoms with Crippen molar-refractivity contribution in [1.82, 2.24) is 9.88 Å². The molecule has 1 aliphatic rings. The third-order valence-corrected chi connectivity index (χ3v) is 5.04. The van der Waals surface area contributed by atoms with Gasteiger partial charge in [-0.25, -0.2) is 0 Å². The van der Waals surface area contributed by atoms with Gasteiger partial charge in [-0.15, -0.1) is 0 Å². The molecule has 5 nitrogen and oxygen atoms in total. The average molecular weight is 348 g/mol. The number of para-hydroxylation sites is 1. The Morgan fingerprint density at radius 3 is 2.69 bits per heavy atom. The molecule has 0 unspecified atom stereocenters. The highest BCUT2D eigenvalue weighted by Gasteiger charge is 2.29. The van der Waals surface area contributed by atoms with Crippen molar-refractivity contribution in [3.8, 4) is 5.75 Å². The lowest BCUT2D eigenvalue weighted by atomic mass is 10.1. The smallest absolute Gasteiger partial charge is 0.267 e. The van der Waals surface area contributed by atoms with Gasteiger partial charge >= 0.3 is 0 Å². The van der Waals surface area contributed by atoms with Crippen molar-refractivity contribution in [3.63, 3.8) is 0 Å². The molecule has 2 N–H and O–H groups in total. The summed E-state index contributed by atoms with van der Waals surface area (Å²) in [5.41, 5.74) is 3.21. The number of amides is 1. The van der Waals surface area contributed by atoms with Crippen LogP contribution in [0.1, 0.15) is 40.0 Å². The SMILES string of the molecule is Cc1ccc(CNC(=O)c2c(O)c3cccc4c3n(c2=O)[C@H](C)C4)cc1. The van der Waals surface area contributed by atoms with Gasteiger partial charge in [-0.3, -0.25) is 9.59 Å². The molecule has 1 aromatic heterocycles. The summed E-state index contributed by atoms with van der Waals surface area (Å²) in [6.07, 6.45) is 0.723. The zero-order chi connectivity index (χ0) is 18.4. The topological polar surface area (TPSA) is 71.3 Å². The van der Waals surface area contributed by atoms with Crippen LogP contribution in [0.25, 0.3) is 10.9 Å². The van der Waals surface area contributed by atoms with Gasteiger partial charge in [-0.1, -0.05) is 42.0 Å². The van der Waals surface area contributed by atoms with Gasteiger partial charge in [-0.05, 0) is 37.5 Å². The molecule has 0 saturated carbocycles. The van der Waals surface area contributed by atoms with Gasteiger partial charge in [0.15, 0.2) is 0 Å². The molecule has 0 radical (unpaired) electrons. The molecule has 0 aliphatic carbocycles. The van der Waals surface area contributed by atoms with Crippen molar-refractivity contribution in [1.29, 1.82) is 0 Å². The van der Waals surface area contributed by atoms with Crippen LogP contribution in [-0.4, -0.2) is 15.6 Å². The minimum atomic E-state index is -0.553. The Hall–Kier alpha value is -3.08. The minimum Gasteiger partial charge on any atom is -0.506 e. The van der Waals surface area contributed by atoms with Crippen molar-refractivity contribution in [2.24, 2.45) is 0 Å². The molecular formula is C21H20N2O3. The molecule has 2 heterocycles. The van der Waals surface area contributed by atoms with E-state index >= 15 is 0 Å². The predicted molar refractivity (Wildman–Crippen MR) is 101 cm³/mol. The molecule has 0 fully saturated rings. The Morgan fingerprint density at radius 1 is 1.23 bits per heavy atom. The number of aromatic nitrogens is 1. The number of rotatable bonds is 3. The number of carbonyl (C=O) groups excluding carboxylic acids is 1. The fourth-order valence-corrected chi connectivity index (χ4v) is 3.70. The van der Waals surface area contributed by atoms with Crippen molar-refractivity contribution in [3.05, 3.63) is 75.1 Å². The number of pyridine rings is 1. The minimum absolute atomic E-state index is 0.0355. The first kappa shape index (κ1) is 16.4. The van der Waals surface area contributed by atoms with E-state index in [4.69, 9.17) is 0 Å². The first-order valence-corrected chi connectivity index (χ1v) is 8.70. The summed E-state index contributed by atoms with van der Waals surface area (Å²) < 4.78 is 1.63. The molecule has 2 aromatic carbocycles. The van der Waals surface area contributed by atoms with Crippen LogP contribution in [-0.2, 0) is 13.0 Å². The van der Waals surface area contributed by atoms with Crippen molar-refractivity contribution in [2.45, 2.75) is 32.9 Å². The molecule has 0 saturated heterocycles. The van der Waals surface area contributed by atoms with Crippen LogP contribution < -0.4 is 10.9 Å². The lowest BCUT2D eigenvalue weighted by Crippen LogP contribution is -2.33. The maximum absolute atomic E-state index is 12.9. The monoisotopic (exact) mass is 348 g/mol. The van der Waals surface area contributed by atoms with Gasteiger partial charge in [0, 0.05) is 18.0 Å². The standard InChI is InChI=1S/C21H20N2O3/c1-12-6-8-14(9-7-12)11-22-20(25)17-19(24)16-5-3-4-15-10-13(2)23(18(15)16)21(17)26/h3-9,13,24H,10-11H2,1-2H3,(H,22,25)/t13-/m1/s1. The number of nitrogens with zero attached hydrogens (tertiary/aromatic N) is 1. The average Bonchev–Trinajstić information content (AvgIpc) is 2.96. The molecule has 132 valence electrons. The molecule has 1 atom stereocenters. The van der Waals surface area contributed by atoms with E-state index < -0.39 is 11.5 Å². The van der Waals surface area contributed by atoms with E-state index in [1.165, 1.54) is 0 Å². The van der Waals surface area contributed by atoms with Crippen molar-refractivity contribution in [2.75, 3.05) is 0 Å². The summed E-state index contributed by atoms with van der Waals surface area (Å²) in [6.45, 7) is 4.24. The molecule has 1 aliphatic heterocycles. The van der Waals surface area contributed by atoms with E-state index in [2.05, 4.69) is 5.32 Å². The summed E-state index contributed by atoms with van der Waals surface area (Å²) in [4.78, 5) is 25.6. The quantitative estimate of drug-likeness (QED) is 0.764. The molecule has 5 heteroatoms. The van der Waals surface area contributed by atoms with Crippen LogP contribution >= 0.6 is 0 Å². The molecule has 26 heavy (non-hydrogen) atoms. The van der Waals surface area contributed by atoms with Gasteiger partial charge in [0.2, 0.25) is 0 Å². The Kier molecular flexibility index (Phi) is 3.80. The van der Waals surface area contributed by atoms with Crippen LogP contribution in [0, 0.1) is 6.92 Å². The maximum Gasteiger partial charge on any atom is 0.267 e. The second-order valence-corrected chi connectivity index (χ2v) is 6.93. The Labute approximate surface area is 150 Å². The van der Waals surface area contributed by atoms with E-state index in [0.717, 1.165) is 28.6 Å². The number of carbonyl (C=O) groups is 1. The lowest BCUT2D eigenvalue weighted by Gasteiger charge is -2.14. The first-order chi connectivity index (χ1) is 12.5. The number of benzene rings is 2. The summed E-state index contributed by atoms with van der Waals surface area (Å²) >= 11 is 0. The Bertz CT molecular complexity index is 1080. The first-order valence-electron chi connectivity index (χ1n) is 8.70. The van der Waals surface area contributed by atoms with Crippen LogP contribution in [0.15, 0.2) is 47.3 Å². The molecule has 4 rings (SSSR count). The molecular weight excluding hydrogens is 328 g/mol. The van der Waals surface area contributed by atoms with Crippen LogP contribution in [0.3, 0.4) is 0 Å². The van der Waals surface area contributed by atoms with E-state index in [0.29, 0.717) is 11.9 Å². The molecule has 3 aromatic rings. The van der Waals surface area contributed by atoms with Gasteiger partial charge in [-0.2, -0.15) is 0 Å². The highest BCUT2D eigenvalue weighted by atomic mass is 16.3. The number of hydrogen-bond acceptors (Lipinski definition) is 3. The van der Waals surface area contributed by atoms with Gasteiger partial charge in [0.05, 0.1) is 5.52 Å². The van der Waals surface area contributed by atoms with E-state index in [1.54, 1.807) is 10.6 Å². The van der Waals surface area contributed by atoms with E-state index in [9.17, 15) is 14.7 Å². The van der Waals surface area contributed by atoms with Crippen molar-refractivity contribution >= 4 is 16.8 Å². The van der Waals surface area contributed by atoms with Crippen LogP contribution in [0.2, 0.25) is 0 Å². The highest BCUT2D eigenvalue weighted by Crippen LogP contribution is 2.35. The van der Waals surface area contributed by atoms with Crippen LogP contribution in [0.5, 0.6) is 5.75 Å². The fraction of sp³-hybridized carbons (Fsp3) is 0.238. The van der Waals surface area contributed by atoms with E-state index in [1.807, 2.05) is 50.2 Å². The second-order valence-electron chi connectivity index (χ2n) is 6.93. The molecule has 0 spiro atoms. The number of aryl methyl sites for hydroxylation is 1. The molecule has 1 amide bonds. The van der Waals surface area contributed by atoms with E-state index in [-0.39, 0.29) is 17.4 Å². The Balaban J connectivity index is 1.74. The molecule has 0 bridgehead atoms. The lowest BCUT2D eigenvalue weighted by molar-refractivity contribution is 0.0946. The third-order valence-electron chi connectivity index (χ3n) is 5.04. The second kappa shape index (κ2) is 6.02. The van der Waals surface area contributed by atoms with Crippen molar-refractivity contribution < 1.29 is 9.90 Å². The summed E-state index contributed by atoms with van der Waals surface area (Å²) in [7, 11) is 0. The summed E-state index contributed by atoms with van der Waals surface area (Å²) in [5.74, 6) is -0.790. The number of nitrogens with one attached hydrogen (secondary N) is 1.